The maximum Gasteiger partial charge on any atom is 0.238 e. The maximum absolute atomic E-state index is 6.86. The summed E-state index contributed by atoms with van der Waals surface area (Å²) in [5, 5.41) is 9.19. The Bertz CT molecular complexity index is 3880. The summed E-state index contributed by atoms with van der Waals surface area (Å²) in [6.45, 7) is 0. The van der Waals surface area contributed by atoms with Gasteiger partial charge >= 0.3 is 0 Å². The van der Waals surface area contributed by atoms with E-state index in [1.165, 1.54) is 36.9 Å². The molecular weight excluding hydrogens is 765 g/mol. The zero-order valence-corrected chi connectivity index (χ0v) is 33.4. The van der Waals surface area contributed by atoms with Crippen molar-refractivity contribution in [2.75, 3.05) is 0 Å². The van der Waals surface area contributed by atoms with E-state index in [1.807, 2.05) is 41.7 Å². The lowest BCUT2D eigenvalue weighted by Gasteiger charge is -2.12. The number of nitrogens with zero attached hydrogens (tertiary/aromatic N) is 4. The largest absolute Gasteiger partial charge is 0.454 e. The van der Waals surface area contributed by atoms with Crippen molar-refractivity contribution in [1.82, 2.24) is 19.5 Å². The van der Waals surface area contributed by atoms with Gasteiger partial charge in [-0.05, 0) is 69.4 Å². The van der Waals surface area contributed by atoms with Crippen molar-refractivity contribution in [1.29, 1.82) is 0 Å². The number of hydrogen-bond donors (Lipinski definition) is 0. The number of hydrogen-bond acceptors (Lipinski definition) is 5. The molecule has 6 heteroatoms. The third-order valence-corrected chi connectivity index (χ3v) is 13.2. The van der Waals surface area contributed by atoms with Gasteiger partial charge in [-0.3, -0.25) is 4.57 Å². The van der Waals surface area contributed by atoms with E-state index in [0.29, 0.717) is 17.6 Å². The molecule has 0 unspecified atom stereocenters. The summed E-state index contributed by atoms with van der Waals surface area (Å²) in [7, 11) is 0. The molecule has 13 aromatic rings. The molecule has 0 saturated carbocycles. The molecule has 0 bridgehead atoms. The Kier molecular flexibility index (Phi) is 7.41. The van der Waals surface area contributed by atoms with Crippen molar-refractivity contribution in [2.24, 2.45) is 0 Å². The highest BCUT2D eigenvalue weighted by molar-refractivity contribution is 7.26. The Morgan fingerprint density at radius 1 is 0.393 bits per heavy atom. The summed E-state index contributed by atoms with van der Waals surface area (Å²) in [4.78, 5) is 15.9. The highest BCUT2D eigenvalue weighted by atomic mass is 32.1. The van der Waals surface area contributed by atoms with E-state index in [-0.39, 0.29) is 0 Å². The van der Waals surface area contributed by atoms with Crippen molar-refractivity contribution < 1.29 is 4.42 Å². The lowest BCUT2D eigenvalue weighted by Crippen LogP contribution is -2.06. The molecule has 0 atom stereocenters. The lowest BCUT2D eigenvalue weighted by atomic mass is 9.96. The van der Waals surface area contributed by atoms with Gasteiger partial charge in [0.2, 0.25) is 5.95 Å². The van der Waals surface area contributed by atoms with E-state index in [9.17, 15) is 0 Å². The summed E-state index contributed by atoms with van der Waals surface area (Å²) in [6, 6.07) is 68.4. The minimum absolute atomic E-state index is 0.525. The SMILES string of the molecule is c1ccc(-c2ccc3sc4cccc(-c5cccc(-c6nc(-c7ccccc7)nc(-n7c8ccccc8c8c9ccccc9c9c%10ccccc%10oc9c87)n6)c5)c4c3c2)cc1. The van der Waals surface area contributed by atoms with Crippen molar-refractivity contribution in [3.63, 3.8) is 0 Å². The minimum atomic E-state index is 0.525. The molecule has 4 heterocycles. The molecule has 0 amide bonds. The second kappa shape index (κ2) is 13.3. The van der Waals surface area contributed by atoms with Gasteiger partial charge in [0.1, 0.15) is 11.1 Å². The first-order valence-corrected chi connectivity index (χ1v) is 21.3. The van der Waals surface area contributed by atoms with Crippen LogP contribution in [0.4, 0.5) is 0 Å². The monoisotopic (exact) mass is 796 g/mol. The van der Waals surface area contributed by atoms with Gasteiger partial charge in [-0.25, -0.2) is 4.98 Å². The van der Waals surface area contributed by atoms with Crippen LogP contribution in [0.3, 0.4) is 0 Å². The van der Waals surface area contributed by atoms with E-state index >= 15 is 0 Å². The fourth-order valence-corrected chi connectivity index (χ4v) is 10.5. The summed E-state index contributed by atoms with van der Waals surface area (Å²) >= 11 is 1.84. The molecule has 61 heavy (non-hydrogen) atoms. The summed E-state index contributed by atoms with van der Waals surface area (Å²) in [6.07, 6.45) is 0. The quantitative estimate of drug-likeness (QED) is 0.174. The molecule has 284 valence electrons. The van der Waals surface area contributed by atoms with Gasteiger partial charge in [0, 0.05) is 52.8 Å². The van der Waals surface area contributed by atoms with Crippen molar-refractivity contribution in [3.05, 3.63) is 194 Å². The molecule has 0 N–H and O–H groups in total. The second-order valence-electron chi connectivity index (χ2n) is 15.5. The first-order chi connectivity index (χ1) is 30.2. The van der Waals surface area contributed by atoms with Crippen LogP contribution in [-0.2, 0) is 0 Å². The van der Waals surface area contributed by atoms with Crippen molar-refractivity contribution in [2.45, 2.75) is 0 Å². The standard InChI is InChI=1S/C55H32N4OS/c1-3-15-33(16-4-1)35-29-30-46-43(32-35)48-38(25-14-28-47(48)61-46)36-19-13-20-37(31-36)54-56-53(34-17-5-2-6-18-34)57-55(58-54)59-44-26-11-9-23-41(44)49-39-21-7-8-22-40(39)50-42-24-10-12-27-45(42)60-52(50)51(49)59/h1-32H. The van der Waals surface area contributed by atoms with Crippen LogP contribution in [0.1, 0.15) is 0 Å². The van der Waals surface area contributed by atoms with Crippen LogP contribution < -0.4 is 0 Å². The molecule has 13 rings (SSSR count). The number of aromatic nitrogens is 4. The molecule has 0 saturated heterocycles. The van der Waals surface area contributed by atoms with E-state index < -0.39 is 0 Å². The Balaban J connectivity index is 1.07. The van der Waals surface area contributed by atoms with Crippen LogP contribution in [-0.4, -0.2) is 19.5 Å². The molecule has 0 aliphatic rings. The van der Waals surface area contributed by atoms with Gasteiger partial charge in [0.05, 0.1) is 5.52 Å². The van der Waals surface area contributed by atoms with Crippen molar-refractivity contribution >= 4 is 86.0 Å². The van der Waals surface area contributed by atoms with Gasteiger partial charge in [-0.2, -0.15) is 9.97 Å². The van der Waals surface area contributed by atoms with E-state index in [2.05, 4.69) is 168 Å². The second-order valence-corrected chi connectivity index (χ2v) is 16.6. The van der Waals surface area contributed by atoms with E-state index in [0.717, 1.165) is 71.2 Å². The third-order valence-electron chi connectivity index (χ3n) is 12.0. The Labute approximate surface area is 353 Å². The number of rotatable bonds is 5. The van der Waals surface area contributed by atoms with Crippen LogP contribution in [0.5, 0.6) is 0 Å². The third kappa shape index (κ3) is 5.22. The fourth-order valence-electron chi connectivity index (χ4n) is 9.35. The zero-order chi connectivity index (χ0) is 40.0. The highest BCUT2D eigenvalue weighted by Gasteiger charge is 2.25. The molecule has 0 aliphatic carbocycles. The van der Waals surface area contributed by atoms with Gasteiger partial charge < -0.3 is 4.42 Å². The molecule has 0 radical (unpaired) electrons. The molecule has 9 aromatic carbocycles. The highest BCUT2D eigenvalue weighted by Crippen LogP contribution is 2.46. The first kappa shape index (κ1) is 34.0. The average molecular weight is 797 g/mol. The smallest absolute Gasteiger partial charge is 0.238 e. The molecule has 0 fully saturated rings. The normalized spacial score (nSPS) is 11.9. The van der Waals surface area contributed by atoms with Crippen molar-refractivity contribution in [3.8, 4) is 51.0 Å². The molecule has 5 nitrogen and oxygen atoms in total. The fraction of sp³-hybridized carbons (Fsp3) is 0. The number of fused-ring (bicyclic) bond motifs is 13. The summed E-state index contributed by atoms with van der Waals surface area (Å²) in [5.41, 5.74) is 10.1. The van der Waals surface area contributed by atoms with Crippen LogP contribution >= 0.6 is 11.3 Å². The van der Waals surface area contributed by atoms with E-state index in [1.54, 1.807) is 0 Å². The van der Waals surface area contributed by atoms with Crippen LogP contribution in [0.2, 0.25) is 0 Å². The van der Waals surface area contributed by atoms with Gasteiger partial charge in [-0.1, -0.05) is 158 Å². The summed E-state index contributed by atoms with van der Waals surface area (Å²) in [5.74, 6) is 1.71. The number of benzene rings is 9. The Morgan fingerprint density at radius 2 is 1.03 bits per heavy atom. The van der Waals surface area contributed by atoms with Gasteiger partial charge in [-0.15, -0.1) is 11.3 Å². The van der Waals surface area contributed by atoms with Gasteiger partial charge in [0.15, 0.2) is 17.2 Å². The van der Waals surface area contributed by atoms with Crippen LogP contribution in [0.25, 0.3) is 126 Å². The number of thiophene rings is 1. The Hall–Kier alpha value is -7.93. The van der Waals surface area contributed by atoms with Gasteiger partial charge in [0.25, 0.3) is 0 Å². The molecule has 0 spiro atoms. The lowest BCUT2D eigenvalue weighted by molar-refractivity contribution is 0.671. The topological polar surface area (TPSA) is 56.7 Å². The first-order valence-electron chi connectivity index (χ1n) is 20.4. The molecule has 4 aromatic heterocycles. The maximum atomic E-state index is 6.86. The minimum Gasteiger partial charge on any atom is -0.454 e. The predicted octanol–water partition coefficient (Wildman–Crippen LogP) is 15.1. The number of furan rings is 1. The Morgan fingerprint density at radius 3 is 1.85 bits per heavy atom. The zero-order valence-electron chi connectivity index (χ0n) is 32.6. The van der Waals surface area contributed by atoms with Crippen LogP contribution in [0, 0.1) is 0 Å². The summed E-state index contributed by atoms with van der Waals surface area (Å²) < 4.78 is 11.6. The average Bonchev–Trinajstić information content (AvgIpc) is 4.02. The van der Waals surface area contributed by atoms with Crippen LogP contribution in [0.15, 0.2) is 199 Å². The number of para-hydroxylation sites is 2. The molecular formula is C55H32N4OS. The van der Waals surface area contributed by atoms with E-state index in [4.69, 9.17) is 19.4 Å². The molecule has 0 aliphatic heterocycles. The predicted molar refractivity (Wildman–Crippen MR) is 254 cm³/mol.